The Labute approximate surface area is 111 Å². The van der Waals surface area contributed by atoms with E-state index in [0.29, 0.717) is 5.41 Å². The van der Waals surface area contributed by atoms with Gasteiger partial charge in [0, 0.05) is 11.7 Å². The maximum atomic E-state index is 4.06. The lowest BCUT2D eigenvalue weighted by molar-refractivity contribution is 0.198. The Balaban J connectivity index is 1.65. The highest BCUT2D eigenvalue weighted by molar-refractivity contribution is 5.14. The molecule has 0 aromatic carbocycles. The Morgan fingerprint density at radius 3 is 3.00 bits per heavy atom. The van der Waals surface area contributed by atoms with Gasteiger partial charge in [-0.2, -0.15) is 5.10 Å². The van der Waals surface area contributed by atoms with Crippen LogP contribution in [0.3, 0.4) is 0 Å². The molecule has 1 atom stereocenters. The lowest BCUT2D eigenvalue weighted by Crippen LogP contribution is -2.37. The number of H-pyrrole nitrogens is 1. The molecule has 102 valence electrons. The van der Waals surface area contributed by atoms with Gasteiger partial charge in [-0.05, 0) is 56.6 Å². The van der Waals surface area contributed by atoms with Crippen LogP contribution in [0.5, 0.6) is 0 Å². The van der Waals surface area contributed by atoms with Gasteiger partial charge in [0.05, 0.1) is 6.20 Å². The van der Waals surface area contributed by atoms with Crippen LogP contribution in [-0.2, 0) is 6.42 Å². The van der Waals surface area contributed by atoms with Crippen LogP contribution in [0.15, 0.2) is 6.20 Å². The molecule has 1 aromatic rings. The van der Waals surface area contributed by atoms with Crippen LogP contribution in [0.4, 0.5) is 0 Å². The van der Waals surface area contributed by atoms with Gasteiger partial charge in [0.25, 0.3) is 0 Å². The highest BCUT2D eigenvalue weighted by Gasteiger charge is 2.27. The van der Waals surface area contributed by atoms with Crippen molar-refractivity contribution < 1.29 is 0 Å². The zero-order valence-electron chi connectivity index (χ0n) is 12.1. The molecule has 1 saturated carbocycles. The zero-order chi connectivity index (χ0) is 13.0. The second-order valence-corrected chi connectivity index (χ2v) is 6.54. The van der Waals surface area contributed by atoms with E-state index >= 15 is 0 Å². The summed E-state index contributed by atoms with van der Waals surface area (Å²) < 4.78 is 0. The van der Waals surface area contributed by atoms with Crippen LogP contribution in [0.25, 0.3) is 0 Å². The number of aryl methyl sites for hydroxylation is 2. The Hall–Kier alpha value is -0.830. The molecular weight excluding hydrogens is 222 g/mol. The highest BCUT2D eigenvalue weighted by atomic mass is 15.1. The summed E-state index contributed by atoms with van der Waals surface area (Å²) in [5, 5.41) is 10.8. The van der Waals surface area contributed by atoms with Crippen molar-refractivity contribution >= 4 is 0 Å². The van der Waals surface area contributed by atoms with Gasteiger partial charge < -0.3 is 5.32 Å². The SMILES string of the molecule is Cc1[nH]ncc1CCCNC1CCCC(C)(C)C1. The van der Waals surface area contributed by atoms with Crippen molar-refractivity contribution in [3.05, 3.63) is 17.5 Å². The highest BCUT2D eigenvalue weighted by Crippen LogP contribution is 2.34. The first-order valence-electron chi connectivity index (χ1n) is 7.29. The minimum absolute atomic E-state index is 0.539. The largest absolute Gasteiger partial charge is 0.314 e. The van der Waals surface area contributed by atoms with Gasteiger partial charge in [-0.25, -0.2) is 0 Å². The van der Waals surface area contributed by atoms with Crippen molar-refractivity contribution in [3.8, 4) is 0 Å². The van der Waals surface area contributed by atoms with E-state index in [1.165, 1.54) is 43.4 Å². The average Bonchev–Trinajstić information content (AvgIpc) is 2.69. The van der Waals surface area contributed by atoms with Gasteiger partial charge in [-0.15, -0.1) is 0 Å². The van der Waals surface area contributed by atoms with E-state index in [2.05, 4.69) is 36.3 Å². The van der Waals surface area contributed by atoms with E-state index in [4.69, 9.17) is 0 Å². The predicted molar refractivity (Wildman–Crippen MR) is 75.7 cm³/mol. The molecule has 1 aromatic heterocycles. The molecule has 1 aliphatic rings. The third-order valence-corrected chi connectivity index (χ3v) is 4.20. The van der Waals surface area contributed by atoms with E-state index < -0.39 is 0 Å². The third kappa shape index (κ3) is 3.84. The molecule has 2 N–H and O–H groups in total. The number of hydrogen-bond donors (Lipinski definition) is 2. The van der Waals surface area contributed by atoms with E-state index in [1.807, 2.05) is 6.20 Å². The fourth-order valence-corrected chi connectivity index (χ4v) is 3.09. The van der Waals surface area contributed by atoms with Crippen molar-refractivity contribution in [1.82, 2.24) is 15.5 Å². The number of rotatable bonds is 5. The summed E-state index contributed by atoms with van der Waals surface area (Å²) in [7, 11) is 0. The van der Waals surface area contributed by atoms with E-state index in [0.717, 1.165) is 19.0 Å². The Morgan fingerprint density at radius 1 is 1.50 bits per heavy atom. The molecule has 0 radical (unpaired) electrons. The van der Waals surface area contributed by atoms with Crippen LogP contribution in [0.2, 0.25) is 0 Å². The molecule has 1 unspecified atom stereocenters. The van der Waals surface area contributed by atoms with Crippen LogP contribution in [-0.4, -0.2) is 22.8 Å². The van der Waals surface area contributed by atoms with Crippen molar-refractivity contribution in [2.45, 2.75) is 65.3 Å². The van der Waals surface area contributed by atoms with Gasteiger partial charge in [0.2, 0.25) is 0 Å². The second-order valence-electron chi connectivity index (χ2n) is 6.54. The minimum atomic E-state index is 0.539. The topological polar surface area (TPSA) is 40.7 Å². The van der Waals surface area contributed by atoms with E-state index in [9.17, 15) is 0 Å². The molecule has 0 bridgehead atoms. The molecule has 2 rings (SSSR count). The monoisotopic (exact) mass is 249 g/mol. The molecule has 0 saturated heterocycles. The first kappa shape index (κ1) is 13.6. The molecule has 1 fully saturated rings. The Kier molecular flexibility index (Phi) is 4.44. The normalized spacial score (nSPS) is 23.2. The zero-order valence-corrected chi connectivity index (χ0v) is 12.1. The Bertz CT molecular complexity index is 368. The van der Waals surface area contributed by atoms with Crippen LogP contribution < -0.4 is 5.32 Å². The van der Waals surface area contributed by atoms with Crippen LogP contribution >= 0.6 is 0 Å². The third-order valence-electron chi connectivity index (χ3n) is 4.20. The Morgan fingerprint density at radius 2 is 2.33 bits per heavy atom. The summed E-state index contributed by atoms with van der Waals surface area (Å²) in [6.07, 6.45) is 9.75. The first-order chi connectivity index (χ1) is 8.57. The smallest absolute Gasteiger partial charge is 0.0522 e. The van der Waals surface area contributed by atoms with Gasteiger partial charge in [-0.3, -0.25) is 5.10 Å². The number of nitrogens with one attached hydrogen (secondary N) is 2. The summed E-state index contributed by atoms with van der Waals surface area (Å²) in [5.74, 6) is 0. The fraction of sp³-hybridized carbons (Fsp3) is 0.800. The first-order valence-corrected chi connectivity index (χ1v) is 7.29. The van der Waals surface area contributed by atoms with Crippen LogP contribution in [0.1, 0.15) is 57.2 Å². The molecule has 18 heavy (non-hydrogen) atoms. The summed E-state index contributed by atoms with van der Waals surface area (Å²) in [5.41, 5.74) is 3.12. The van der Waals surface area contributed by atoms with Crippen molar-refractivity contribution in [2.24, 2.45) is 5.41 Å². The summed E-state index contributed by atoms with van der Waals surface area (Å²) >= 11 is 0. The number of aromatic amines is 1. The molecule has 1 heterocycles. The van der Waals surface area contributed by atoms with Gasteiger partial charge >= 0.3 is 0 Å². The molecule has 0 spiro atoms. The molecule has 1 aliphatic carbocycles. The van der Waals surface area contributed by atoms with Crippen LogP contribution in [0, 0.1) is 12.3 Å². The van der Waals surface area contributed by atoms with Crippen molar-refractivity contribution in [2.75, 3.05) is 6.54 Å². The minimum Gasteiger partial charge on any atom is -0.314 e. The number of aromatic nitrogens is 2. The summed E-state index contributed by atoms with van der Waals surface area (Å²) in [6.45, 7) is 8.02. The van der Waals surface area contributed by atoms with Crippen molar-refractivity contribution in [1.29, 1.82) is 0 Å². The summed E-state index contributed by atoms with van der Waals surface area (Å²) in [4.78, 5) is 0. The molecule has 0 aliphatic heterocycles. The maximum Gasteiger partial charge on any atom is 0.0522 e. The van der Waals surface area contributed by atoms with E-state index in [1.54, 1.807) is 0 Å². The molecule has 3 nitrogen and oxygen atoms in total. The lowest BCUT2D eigenvalue weighted by Gasteiger charge is -2.35. The second kappa shape index (κ2) is 5.87. The number of nitrogens with zero attached hydrogens (tertiary/aromatic N) is 1. The number of hydrogen-bond acceptors (Lipinski definition) is 2. The quantitative estimate of drug-likeness (QED) is 0.787. The lowest BCUT2D eigenvalue weighted by atomic mass is 9.75. The molecule has 0 amide bonds. The van der Waals surface area contributed by atoms with Crippen molar-refractivity contribution in [3.63, 3.8) is 0 Å². The maximum absolute atomic E-state index is 4.06. The fourth-order valence-electron chi connectivity index (χ4n) is 3.09. The summed E-state index contributed by atoms with van der Waals surface area (Å²) in [6, 6.07) is 0.735. The molecule has 3 heteroatoms. The van der Waals surface area contributed by atoms with E-state index in [-0.39, 0.29) is 0 Å². The average molecular weight is 249 g/mol. The standard InChI is InChI=1S/C15H27N3/c1-12-13(11-17-18-12)6-5-9-16-14-7-4-8-15(2,3)10-14/h11,14,16H,4-10H2,1-3H3,(H,17,18). The van der Waals surface area contributed by atoms with Gasteiger partial charge in [0.1, 0.15) is 0 Å². The van der Waals surface area contributed by atoms with Gasteiger partial charge in [-0.1, -0.05) is 20.3 Å². The predicted octanol–water partition coefficient (Wildman–Crippen LogP) is 3.21. The molecular formula is C15H27N3. The van der Waals surface area contributed by atoms with Gasteiger partial charge in [0.15, 0.2) is 0 Å².